The summed E-state index contributed by atoms with van der Waals surface area (Å²) in [7, 11) is 3.17. The van der Waals surface area contributed by atoms with Gasteiger partial charge in [-0.1, -0.05) is 30.3 Å². The third-order valence-corrected chi connectivity index (χ3v) is 4.04. The zero-order valence-corrected chi connectivity index (χ0v) is 14.0. The quantitative estimate of drug-likeness (QED) is 0.849. The van der Waals surface area contributed by atoms with Gasteiger partial charge in [0.15, 0.2) is 0 Å². The summed E-state index contributed by atoms with van der Waals surface area (Å²) in [5.41, 5.74) is 7.11. The highest BCUT2D eigenvalue weighted by molar-refractivity contribution is 5.94. The lowest BCUT2D eigenvalue weighted by atomic mass is 10.0. The second kappa shape index (κ2) is 8.45. The molecule has 1 atom stereocenters. The maximum Gasteiger partial charge on any atom is 0.254 e. The number of halogens is 1. The van der Waals surface area contributed by atoms with E-state index in [1.54, 1.807) is 18.0 Å². The molecule has 2 rings (SSSR count). The van der Waals surface area contributed by atoms with Crippen LogP contribution in [0.3, 0.4) is 0 Å². The lowest BCUT2D eigenvalue weighted by molar-refractivity contribution is 0.0724. The molecule has 2 aromatic carbocycles. The van der Waals surface area contributed by atoms with E-state index in [9.17, 15) is 9.18 Å². The van der Waals surface area contributed by atoms with E-state index >= 15 is 0 Å². The second-order valence-electron chi connectivity index (χ2n) is 5.72. The van der Waals surface area contributed by atoms with Crippen molar-refractivity contribution in [3.8, 4) is 5.75 Å². The number of hydrogen-bond acceptors (Lipinski definition) is 3. The van der Waals surface area contributed by atoms with Crippen LogP contribution in [0.15, 0.2) is 48.5 Å². The zero-order valence-electron chi connectivity index (χ0n) is 14.0. The van der Waals surface area contributed by atoms with Gasteiger partial charge < -0.3 is 15.4 Å². The number of methoxy groups -OCH3 is 1. The predicted molar refractivity (Wildman–Crippen MR) is 92.7 cm³/mol. The standard InChI is InChI=1S/C19H23FN2O2/c1-22(17(8-9-21)10-14-6-4-3-5-7-14)19(23)15-11-16(20)13-18(12-15)24-2/h3-7,11-13,17H,8-10,21H2,1-2H3/t17-/m1/s1. The molecule has 24 heavy (non-hydrogen) atoms. The Hall–Kier alpha value is -2.40. The van der Waals surface area contributed by atoms with Crippen LogP contribution in [0.25, 0.3) is 0 Å². The molecule has 0 aliphatic heterocycles. The van der Waals surface area contributed by atoms with Gasteiger partial charge in [-0.3, -0.25) is 4.79 Å². The Morgan fingerprint density at radius 1 is 1.25 bits per heavy atom. The van der Waals surface area contributed by atoms with Gasteiger partial charge in [-0.15, -0.1) is 0 Å². The van der Waals surface area contributed by atoms with Gasteiger partial charge in [0.05, 0.1) is 7.11 Å². The summed E-state index contributed by atoms with van der Waals surface area (Å²) in [5, 5.41) is 0. The van der Waals surface area contributed by atoms with Crippen molar-refractivity contribution in [2.24, 2.45) is 5.73 Å². The van der Waals surface area contributed by atoms with E-state index in [1.807, 2.05) is 30.3 Å². The number of carbonyl (C=O) groups is 1. The fraction of sp³-hybridized carbons (Fsp3) is 0.316. The summed E-state index contributed by atoms with van der Waals surface area (Å²) >= 11 is 0. The highest BCUT2D eigenvalue weighted by atomic mass is 19.1. The molecule has 2 aromatic rings. The number of benzene rings is 2. The highest BCUT2D eigenvalue weighted by Crippen LogP contribution is 2.19. The van der Waals surface area contributed by atoms with Crippen LogP contribution in [-0.4, -0.2) is 37.6 Å². The van der Waals surface area contributed by atoms with Crippen molar-refractivity contribution in [1.82, 2.24) is 4.90 Å². The highest BCUT2D eigenvalue weighted by Gasteiger charge is 2.22. The Balaban J connectivity index is 2.20. The lowest BCUT2D eigenvalue weighted by Gasteiger charge is -2.28. The molecule has 1 amide bonds. The first-order valence-electron chi connectivity index (χ1n) is 7.91. The monoisotopic (exact) mass is 330 g/mol. The Morgan fingerprint density at radius 2 is 1.96 bits per heavy atom. The molecule has 0 fully saturated rings. The van der Waals surface area contributed by atoms with Crippen LogP contribution in [0.4, 0.5) is 4.39 Å². The van der Waals surface area contributed by atoms with E-state index in [0.29, 0.717) is 25.1 Å². The number of carbonyl (C=O) groups excluding carboxylic acids is 1. The van der Waals surface area contributed by atoms with Crippen LogP contribution in [0.2, 0.25) is 0 Å². The number of nitrogens with two attached hydrogens (primary N) is 1. The second-order valence-corrected chi connectivity index (χ2v) is 5.72. The summed E-state index contributed by atoms with van der Waals surface area (Å²) in [6, 6.07) is 13.9. The van der Waals surface area contributed by atoms with Crippen LogP contribution in [0.1, 0.15) is 22.3 Å². The molecule has 0 spiro atoms. The van der Waals surface area contributed by atoms with Crippen molar-refractivity contribution in [3.63, 3.8) is 0 Å². The maximum absolute atomic E-state index is 13.7. The van der Waals surface area contributed by atoms with Crippen molar-refractivity contribution in [2.75, 3.05) is 20.7 Å². The van der Waals surface area contributed by atoms with Crippen LogP contribution in [0, 0.1) is 5.82 Å². The van der Waals surface area contributed by atoms with Gasteiger partial charge in [-0.25, -0.2) is 4.39 Å². The van der Waals surface area contributed by atoms with Gasteiger partial charge >= 0.3 is 0 Å². The minimum Gasteiger partial charge on any atom is -0.497 e. The summed E-state index contributed by atoms with van der Waals surface area (Å²) in [6.45, 7) is 0.474. The molecular formula is C19H23FN2O2. The molecule has 0 radical (unpaired) electrons. The number of nitrogens with zero attached hydrogens (tertiary/aromatic N) is 1. The van der Waals surface area contributed by atoms with Crippen molar-refractivity contribution in [1.29, 1.82) is 0 Å². The van der Waals surface area contributed by atoms with Gasteiger partial charge in [-0.05, 0) is 37.1 Å². The molecule has 0 aromatic heterocycles. The minimum absolute atomic E-state index is 0.0563. The number of hydrogen-bond donors (Lipinski definition) is 1. The zero-order chi connectivity index (χ0) is 17.5. The van der Waals surface area contributed by atoms with Crippen molar-refractivity contribution < 1.29 is 13.9 Å². The molecule has 0 saturated carbocycles. The fourth-order valence-corrected chi connectivity index (χ4v) is 2.68. The molecule has 5 heteroatoms. The van der Waals surface area contributed by atoms with Crippen LogP contribution in [-0.2, 0) is 6.42 Å². The van der Waals surface area contributed by atoms with Crippen LogP contribution >= 0.6 is 0 Å². The van der Waals surface area contributed by atoms with E-state index in [-0.39, 0.29) is 17.5 Å². The first-order chi connectivity index (χ1) is 11.5. The van der Waals surface area contributed by atoms with E-state index in [0.717, 1.165) is 5.56 Å². The topological polar surface area (TPSA) is 55.6 Å². The number of amides is 1. The smallest absolute Gasteiger partial charge is 0.254 e. The minimum atomic E-state index is -0.496. The average Bonchev–Trinajstić information content (AvgIpc) is 2.60. The van der Waals surface area contributed by atoms with Gasteiger partial charge in [-0.2, -0.15) is 0 Å². The Kier molecular flexibility index (Phi) is 6.32. The fourth-order valence-electron chi connectivity index (χ4n) is 2.68. The summed E-state index contributed by atoms with van der Waals surface area (Å²) in [4.78, 5) is 14.4. The van der Waals surface area contributed by atoms with Crippen LogP contribution < -0.4 is 10.5 Å². The average molecular weight is 330 g/mol. The van der Waals surface area contributed by atoms with E-state index in [2.05, 4.69) is 0 Å². The molecule has 0 bridgehead atoms. The third kappa shape index (κ3) is 4.55. The largest absolute Gasteiger partial charge is 0.497 e. The van der Waals surface area contributed by atoms with E-state index in [4.69, 9.17) is 10.5 Å². The molecule has 0 heterocycles. The molecule has 0 aliphatic rings. The van der Waals surface area contributed by atoms with Crippen molar-refractivity contribution in [3.05, 3.63) is 65.5 Å². The first-order valence-corrected chi connectivity index (χ1v) is 7.91. The third-order valence-electron chi connectivity index (χ3n) is 4.04. The molecule has 4 nitrogen and oxygen atoms in total. The molecule has 2 N–H and O–H groups in total. The molecular weight excluding hydrogens is 307 g/mol. The van der Waals surface area contributed by atoms with Gasteiger partial charge in [0.25, 0.3) is 5.91 Å². The van der Waals surface area contributed by atoms with Crippen molar-refractivity contribution >= 4 is 5.91 Å². The van der Waals surface area contributed by atoms with E-state index in [1.165, 1.54) is 19.2 Å². The van der Waals surface area contributed by atoms with Gasteiger partial charge in [0, 0.05) is 24.7 Å². The Labute approximate surface area is 142 Å². The van der Waals surface area contributed by atoms with Crippen LogP contribution in [0.5, 0.6) is 5.75 Å². The SMILES string of the molecule is COc1cc(F)cc(C(=O)N(C)[C@H](CCN)Cc2ccccc2)c1. The Bertz CT molecular complexity index is 676. The molecule has 0 aliphatic carbocycles. The summed E-state index contributed by atoms with van der Waals surface area (Å²) in [5.74, 6) is -0.420. The van der Waals surface area contributed by atoms with Crippen molar-refractivity contribution in [2.45, 2.75) is 18.9 Å². The maximum atomic E-state index is 13.7. The summed E-state index contributed by atoms with van der Waals surface area (Å²) in [6.07, 6.45) is 1.37. The van der Waals surface area contributed by atoms with Gasteiger partial charge in [0.1, 0.15) is 11.6 Å². The molecule has 128 valence electrons. The van der Waals surface area contributed by atoms with Gasteiger partial charge in [0.2, 0.25) is 0 Å². The molecule has 0 saturated heterocycles. The first kappa shape index (κ1) is 17.9. The number of likely N-dealkylation sites (N-methyl/N-ethyl adjacent to an activating group) is 1. The number of ether oxygens (including phenoxy) is 1. The normalized spacial score (nSPS) is 11.8. The summed E-state index contributed by atoms with van der Waals surface area (Å²) < 4.78 is 18.7. The lowest BCUT2D eigenvalue weighted by Crippen LogP contribution is -2.39. The molecule has 0 unspecified atom stereocenters. The number of rotatable bonds is 7. The Morgan fingerprint density at radius 3 is 2.58 bits per heavy atom. The predicted octanol–water partition coefficient (Wildman–Crippen LogP) is 2.87. The van der Waals surface area contributed by atoms with E-state index < -0.39 is 5.82 Å².